The van der Waals surface area contributed by atoms with E-state index in [2.05, 4.69) is 32.8 Å². The van der Waals surface area contributed by atoms with Gasteiger partial charge in [-0.15, -0.1) is 0 Å². The predicted octanol–water partition coefficient (Wildman–Crippen LogP) is 9.74. The molecule has 1 aliphatic rings. The first kappa shape index (κ1) is 39.3. The molecule has 1 heterocycles. The second-order valence-corrected chi connectivity index (χ2v) is 14.0. The lowest BCUT2D eigenvalue weighted by atomic mass is 9.99. The van der Waals surface area contributed by atoms with Crippen molar-refractivity contribution in [1.82, 2.24) is 10.2 Å². The Labute approximate surface area is 331 Å². The van der Waals surface area contributed by atoms with Crippen molar-refractivity contribution in [2.45, 2.75) is 19.6 Å². The number of hydrogen-bond acceptors (Lipinski definition) is 6. The van der Waals surface area contributed by atoms with Gasteiger partial charge in [-0.3, -0.25) is 19.3 Å². The van der Waals surface area contributed by atoms with Crippen molar-refractivity contribution in [2.24, 2.45) is 4.99 Å². The van der Waals surface area contributed by atoms with Crippen molar-refractivity contribution in [3.8, 4) is 11.5 Å². The minimum absolute atomic E-state index is 0.0634. The zero-order valence-electron chi connectivity index (χ0n) is 28.7. The molecule has 0 aliphatic carbocycles. The fourth-order valence-corrected chi connectivity index (χ4v) is 7.16. The second kappa shape index (κ2) is 18.8. The van der Waals surface area contributed by atoms with Crippen LogP contribution in [0.5, 0.6) is 11.5 Å². The van der Waals surface area contributed by atoms with Gasteiger partial charge in [-0.2, -0.15) is 4.99 Å². The molecule has 270 valence electrons. The number of hydrogen-bond donors (Lipinski definition) is 1. The molecule has 0 atom stereocenters. The van der Waals surface area contributed by atoms with Crippen LogP contribution < -0.4 is 14.8 Å². The van der Waals surface area contributed by atoms with Crippen molar-refractivity contribution < 1.29 is 23.9 Å². The Morgan fingerprint density at radius 2 is 1.70 bits per heavy atom. The van der Waals surface area contributed by atoms with Crippen LogP contribution in [-0.4, -0.2) is 40.7 Å². The lowest BCUT2D eigenvalue weighted by Crippen LogP contribution is -2.42. The third kappa shape index (κ3) is 9.97. The summed E-state index contributed by atoms with van der Waals surface area (Å²) in [5, 5.41) is 4.12. The van der Waals surface area contributed by atoms with Crippen molar-refractivity contribution in [3.63, 3.8) is 0 Å². The minimum atomic E-state index is -0.753. The number of thioether (sulfide) groups is 1. The second-order valence-electron chi connectivity index (χ2n) is 11.4. The average Bonchev–Trinajstić information content (AvgIpc) is 3.16. The van der Waals surface area contributed by atoms with E-state index in [-0.39, 0.29) is 29.0 Å². The number of aliphatic imine (C=N–C) groups is 1. The number of allylic oxidation sites excluding steroid dienone is 4. The Bertz CT molecular complexity index is 2100. The van der Waals surface area contributed by atoms with Gasteiger partial charge in [0, 0.05) is 21.3 Å². The van der Waals surface area contributed by atoms with Gasteiger partial charge in [-0.05, 0) is 76.0 Å². The van der Waals surface area contributed by atoms with Gasteiger partial charge >= 0.3 is 0 Å². The van der Waals surface area contributed by atoms with E-state index in [9.17, 15) is 14.4 Å². The highest BCUT2D eigenvalue weighted by molar-refractivity contribution is 9.10. The molecule has 0 radical (unpaired) electrons. The van der Waals surface area contributed by atoms with Gasteiger partial charge in [-0.1, -0.05) is 127 Å². The number of ether oxygens (including phenoxy) is 2. The lowest BCUT2D eigenvalue weighted by molar-refractivity contribution is -0.126. The number of nitrogens with zero attached hydrogens (tertiary/aromatic N) is 2. The molecule has 5 rings (SSSR count). The molecule has 0 aromatic heterocycles. The average molecular weight is 832 g/mol. The van der Waals surface area contributed by atoms with Gasteiger partial charge in [-0.25, -0.2) is 0 Å². The summed E-state index contributed by atoms with van der Waals surface area (Å²) in [6.07, 6.45) is 8.06. The monoisotopic (exact) mass is 829 g/mol. The smallest absolute Gasteiger partial charge is 0.285 e. The summed E-state index contributed by atoms with van der Waals surface area (Å²) in [5.41, 5.74) is 3.27. The molecule has 53 heavy (non-hydrogen) atoms. The zero-order chi connectivity index (χ0) is 37.9. The van der Waals surface area contributed by atoms with E-state index in [0.29, 0.717) is 37.3 Å². The molecule has 0 unspecified atom stereocenters. The highest BCUT2D eigenvalue weighted by atomic mass is 79.9. The normalized spacial score (nSPS) is 14.2. The van der Waals surface area contributed by atoms with Gasteiger partial charge in [0.1, 0.15) is 12.2 Å². The quantitative estimate of drug-likeness (QED) is 0.0819. The number of methoxy groups -OCH3 is 1. The van der Waals surface area contributed by atoms with Crippen LogP contribution in [0.2, 0.25) is 10.0 Å². The molecule has 4 aromatic carbocycles. The first-order valence-electron chi connectivity index (χ1n) is 16.2. The summed E-state index contributed by atoms with van der Waals surface area (Å²) < 4.78 is 12.2. The maximum atomic E-state index is 14.2. The van der Waals surface area contributed by atoms with E-state index in [1.54, 1.807) is 61.6 Å². The van der Waals surface area contributed by atoms with Gasteiger partial charge in [0.05, 0.1) is 23.4 Å². The van der Waals surface area contributed by atoms with E-state index < -0.39 is 17.9 Å². The molecule has 0 spiro atoms. The third-order valence-electron chi connectivity index (χ3n) is 7.86. The lowest BCUT2D eigenvalue weighted by Gasteiger charge is -2.28. The fraction of sp³-hybridized carbons (Fsp3) is 0.122. The molecule has 1 N–H and O–H groups in total. The topological polar surface area (TPSA) is 97.3 Å². The standard InChI is InChI=1S/C41H34BrCl2N3O5S/c1-4-6-17-31(5-2)47-40(50)32(20-26-21-33(42)38(35(22-26)51-3)52-24-29-18-19-30(43)23-34(29)44)39(49)46-41(47)53-25-36(48)45-37(27-13-9-7-10-14-27)28-15-11-8-12-16-28/h4-23,37H,1,24-25H2,2-3H3,(H,45,48)/b17-6-,31-5+,32-20+. The Morgan fingerprint density at radius 1 is 1.02 bits per heavy atom. The summed E-state index contributed by atoms with van der Waals surface area (Å²) in [7, 11) is 1.48. The molecule has 0 bridgehead atoms. The first-order valence-corrected chi connectivity index (χ1v) is 18.8. The van der Waals surface area contributed by atoms with Crippen molar-refractivity contribution in [1.29, 1.82) is 0 Å². The predicted molar refractivity (Wildman–Crippen MR) is 217 cm³/mol. The maximum Gasteiger partial charge on any atom is 0.285 e. The molecule has 8 nitrogen and oxygen atoms in total. The number of amidine groups is 1. The van der Waals surface area contributed by atoms with Crippen LogP contribution >= 0.6 is 50.9 Å². The summed E-state index contributed by atoms with van der Waals surface area (Å²) in [6.45, 7) is 5.62. The van der Waals surface area contributed by atoms with Gasteiger partial charge in [0.15, 0.2) is 16.7 Å². The Kier molecular flexibility index (Phi) is 13.9. The summed E-state index contributed by atoms with van der Waals surface area (Å²) in [4.78, 5) is 46.8. The van der Waals surface area contributed by atoms with Crippen LogP contribution in [0.1, 0.15) is 35.2 Å². The van der Waals surface area contributed by atoms with E-state index >= 15 is 0 Å². The number of nitrogens with one attached hydrogen (secondary N) is 1. The molecule has 4 aromatic rings. The number of halogens is 3. The van der Waals surface area contributed by atoms with Crippen molar-refractivity contribution in [3.05, 3.63) is 170 Å². The molecule has 3 amide bonds. The van der Waals surface area contributed by atoms with Gasteiger partial charge in [0.2, 0.25) is 5.91 Å². The summed E-state index contributed by atoms with van der Waals surface area (Å²) in [5.74, 6) is -1.04. The molecule has 1 aliphatic heterocycles. The van der Waals surface area contributed by atoms with Crippen molar-refractivity contribution >= 4 is 79.9 Å². The number of amides is 3. The van der Waals surface area contributed by atoms with Crippen LogP contribution in [-0.2, 0) is 21.0 Å². The Hall–Kier alpha value is -4.87. The van der Waals surface area contributed by atoms with Crippen LogP contribution in [0.25, 0.3) is 6.08 Å². The minimum Gasteiger partial charge on any atom is -0.493 e. The zero-order valence-corrected chi connectivity index (χ0v) is 32.6. The van der Waals surface area contributed by atoms with Crippen LogP contribution in [0.3, 0.4) is 0 Å². The largest absolute Gasteiger partial charge is 0.493 e. The molecule has 0 saturated heterocycles. The summed E-state index contributed by atoms with van der Waals surface area (Å²) in [6, 6.07) is 27.3. The summed E-state index contributed by atoms with van der Waals surface area (Å²) >= 11 is 16.9. The Balaban J connectivity index is 1.41. The van der Waals surface area contributed by atoms with Crippen molar-refractivity contribution in [2.75, 3.05) is 12.9 Å². The first-order chi connectivity index (χ1) is 25.6. The van der Waals surface area contributed by atoms with Gasteiger partial charge < -0.3 is 14.8 Å². The molecule has 0 saturated carbocycles. The third-order valence-corrected chi connectivity index (χ3v) is 9.98. The Morgan fingerprint density at radius 3 is 2.30 bits per heavy atom. The van der Waals surface area contributed by atoms with E-state index in [1.165, 1.54) is 18.1 Å². The number of carbonyl (C=O) groups excluding carboxylic acids is 3. The number of carbonyl (C=O) groups is 3. The molecule has 12 heteroatoms. The molecule has 0 fully saturated rings. The van der Waals surface area contributed by atoms with Crippen LogP contribution in [0.15, 0.2) is 143 Å². The van der Waals surface area contributed by atoms with Crippen LogP contribution in [0.4, 0.5) is 0 Å². The molecular formula is C41H34BrCl2N3O5S. The fourth-order valence-electron chi connectivity index (χ4n) is 5.31. The highest BCUT2D eigenvalue weighted by Crippen LogP contribution is 2.39. The van der Waals surface area contributed by atoms with Crippen LogP contribution in [0, 0.1) is 0 Å². The van der Waals surface area contributed by atoms with E-state index in [0.717, 1.165) is 28.5 Å². The molecular weight excluding hydrogens is 797 g/mol. The van der Waals surface area contributed by atoms with E-state index in [1.807, 2.05) is 60.7 Å². The highest BCUT2D eigenvalue weighted by Gasteiger charge is 2.35. The number of benzene rings is 4. The van der Waals surface area contributed by atoms with E-state index in [4.69, 9.17) is 32.7 Å². The maximum absolute atomic E-state index is 14.2. The number of rotatable bonds is 13. The van der Waals surface area contributed by atoms with Gasteiger partial charge in [0.25, 0.3) is 11.8 Å². The SMILES string of the molecule is C=C/C=C\C(=C/C)N1C(=O)/C(=C/c2cc(Br)c(OCc3ccc(Cl)cc3Cl)c(OC)c2)C(=O)N=C1SCC(=O)NC(c1ccccc1)c1ccccc1.